The minimum Gasteiger partial charge on any atom is -0.480 e. The Morgan fingerprint density at radius 3 is 2.28 bits per heavy atom. The number of rotatable bonds is 4. The van der Waals surface area contributed by atoms with Crippen molar-refractivity contribution in [1.82, 2.24) is 15.5 Å². The van der Waals surface area contributed by atoms with E-state index in [9.17, 15) is 14.4 Å². The summed E-state index contributed by atoms with van der Waals surface area (Å²) in [5, 5.41) is 13.7. The molecule has 0 spiro atoms. The van der Waals surface area contributed by atoms with Crippen molar-refractivity contribution in [2.45, 2.75) is 31.2 Å². The number of hydrogen-bond donors (Lipinski definition) is 3. The topological polar surface area (TPSA) is 98.7 Å². The first-order valence-electron chi connectivity index (χ1n) is 6.11. The SMILES string of the molecule is O=C(NCC(=O)N1CCCC1)NC1(C(=O)O)CC1. The third-order valence-corrected chi connectivity index (χ3v) is 3.37. The summed E-state index contributed by atoms with van der Waals surface area (Å²) in [7, 11) is 0. The second-order valence-corrected chi connectivity index (χ2v) is 4.78. The van der Waals surface area contributed by atoms with Crippen LogP contribution in [0.1, 0.15) is 25.7 Å². The van der Waals surface area contributed by atoms with E-state index in [0.717, 1.165) is 25.9 Å². The summed E-state index contributed by atoms with van der Waals surface area (Å²) in [4.78, 5) is 35.6. The van der Waals surface area contributed by atoms with Gasteiger partial charge in [-0.1, -0.05) is 0 Å². The van der Waals surface area contributed by atoms with E-state index in [1.54, 1.807) is 4.90 Å². The Morgan fingerprint density at radius 2 is 1.78 bits per heavy atom. The van der Waals surface area contributed by atoms with E-state index in [-0.39, 0.29) is 12.5 Å². The quantitative estimate of drug-likeness (QED) is 0.632. The molecular formula is C11H17N3O4. The second kappa shape index (κ2) is 4.83. The predicted octanol–water partition coefficient (Wildman–Crippen LogP) is -0.475. The first-order chi connectivity index (χ1) is 8.53. The normalized spacial score (nSPS) is 20.3. The Kier molecular flexibility index (Phi) is 3.40. The molecule has 2 fully saturated rings. The third kappa shape index (κ3) is 2.72. The van der Waals surface area contributed by atoms with Gasteiger partial charge in [-0.3, -0.25) is 4.79 Å². The lowest BCUT2D eigenvalue weighted by Gasteiger charge is -2.17. The first kappa shape index (κ1) is 12.7. The Morgan fingerprint density at radius 1 is 1.17 bits per heavy atom. The highest BCUT2D eigenvalue weighted by Crippen LogP contribution is 2.35. The maximum absolute atomic E-state index is 11.6. The molecular weight excluding hydrogens is 238 g/mol. The zero-order valence-corrected chi connectivity index (χ0v) is 10.1. The van der Waals surface area contributed by atoms with Gasteiger partial charge in [-0.25, -0.2) is 9.59 Å². The first-order valence-corrected chi connectivity index (χ1v) is 6.11. The maximum Gasteiger partial charge on any atom is 0.329 e. The Hall–Kier alpha value is -1.79. The highest BCUT2D eigenvalue weighted by atomic mass is 16.4. The van der Waals surface area contributed by atoms with Crippen LogP contribution in [0.3, 0.4) is 0 Å². The molecule has 1 aliphatic heterocycles. The van der Waals surface area contributed by atoms with Gasteiger partial charge in [0, 0.05) is 13.1 Å². The predicted molar refractivity (Wildman–Crippen MR) is 61.9 cm³/mol. The van der Waals surface area contributed by atoms with E-state index in [1.165, 1.54) is 0 Å². The molecule has 7 nitrogen and oxygen atoms in total. The van der Waals surface area contributed by atoms with Crippen LogP contribution in [0.4, 0.5) is 4.79 Å². The summed E-state index contributed by atoms with van der Waals surface area (Å²) < 4.78 is 0. The Labute approximate surface area is 105 Å². The lowest BCUT2D eigenvalue weighted by atomic mass is 10.3. The number of carbonyl (C=O) groups excluding carboxylic acids is 2. The number of aliphatic carboxylic acids is 1. The molecule has 2 rings (SSSR count). The molecule has 0 atom stereocenters. The molecule has 1 aliphatic carbocycles. The van der Waals surface area contributed by atoms with Gasteiger partial charge in [0.1, 0.15) is 5.54 Å². The van der Waals surface area contributed by atoms with Crippen LogP contribution in [-0.4, -0.2) is 53.1 Å². The number of amides is 3. The van der Waals surface area contributed by atoms with Crippen LogP contribution in [-0.2, 0) is 9.59 Å². The largest absolute Gasteiger partial charge is 0.480 e. The molecule has 0 aromatic carbocycles. The molecule has 0 radical (unpaired) electrons. The number of likely N-dealkylation sites (tertiary alicyclic amines) is 1. The number of urea groups is 1. The standard InChI is InChI=1S/C11H17N3O4/c15-8(14-5-1-2-6-14)7-12-10(18)13-11(3-4-11)9(16)17/h1-7H2,(H,16,17)(H2,12,13,18). The molecule has 2 aliphatic rings. The van der Waals surface area contributed by atoms with Gasteiger partial charge in [-0.15, -0.1) is 0 Å². The molecule has 0 aromatic rings. The van der Waals surface area contributed by atoms with Gasteiger partial charge in [-0.05, 0) is 25.7 Å². The van der Waals surface area contributed by atoms with Crippen LogP contribution in [0.15, 0.2) is 0 Å². The van der Waals surface area contributed by atoms with Crippen LogP contribution in [0.5, 0.6) is 0 Å². The van der Waals surface area contributed by atoms with Gasteiger partial charge in [0.25, 0.3) is 0 Å². The van der Waals surface area contributed by atoms with Crippen LogP contribution >= 0.6 is 0 Å². The van der Waals surface area contributed by atoms with E-state index < -0.39 is 17.5 Å². The van der Waals surface area contributed by atoms with Crippen molar-refractivity contribution < 1.29 is 19.5 Å². The molecule has 1 saturated heterocycles. The number of nitrogens with one attached hydrogen (secondary N) is 2. The molecule has 0 aromatic heterocycles. The lowest BCUT2D eigenvalue weighted by molar-refractivity contribution is -0.140. The summed E-state index contributed by atoms with van der Waals surface area (Å²) in [6.45, 7) is 1.39. The molecule has 0 unspecified atom stereocenters. The van der Waals surface area contributed by atoms with Crippen molar-refractivity contribution in [3.8, 4) is 0 Å². The van der Waals surface area contributed by atoms with E-state index in [2.05, 4.69) is 10.6 Å². The van der Waals surface area contributed by atoms with E-state index >= 15 is 0 Å². The fraction of sp³-hybridized carbons (Fsp3) is 0.727. The van der Waals surface area contributed by atoms with Crippen molar-refractivity contribution >= 4 is 17.9 Å². The van der Waals surface area contributed by atoms with Crippen molar-refractivity contribution in [3.05, 3.63) is 0 Å². The fourth-order valence-electron chi connectivity index (χ4n) is 2.01. The van der Waals surface area contributed by atoms with Gasteiger partial charge < -0.3 is 20.6 Å². The van der Waals surface area contributed by atoms with E-state index in [0.29, 0.717) is 12.8 Å². The number of carboxylic acid groups (broad SMARTS) is 1. The Bertz CT molecular complexity index is 372. The van der Waals surface area contributed by atoms with Crippen molar-refractivity contribution in [2.75, 3.05) is 19.6 Å². The summed E-state index contributed by atoms with van der Waals surface area (Å²) >= 11 is 0. The highest BCUT2D eigenvalue weighted by molar-refractivity contribution is 5.90. The van der Waals surface area contributed by atoms with Gasteiger partial charge in [0.15, 0.2) is 0 Å². The summed E-state index contributed by atoms with van der Waals surface area (Å²) in [5.74, 6) is -1.15. The van der Waals surface area contributed by atoms with E-state index in [4.69, 9.17) is 5.11 Å². The van der Waals surface area contributed by atoms with Crippen molar-refractivity contribution in [1.29, 1.82) is 0 Å². The molecule has 1 saturated carbocycles. The summed E-state index contributed by atoms with van der Waals surface area (Å²) in [5.41, 5.74) is -1.11. The average molecular weight is 255 g/mol. The van der Waals surface area contributed by atoms with Gasteiger partial charge in [-0.2, -0.15) is 0 Å². The molecule has 3 N–H and O–H groups in total. The minimum atomic E-state index is -1.11. The van der Waals surface area contributed by atoms with Crippen LogP contribution in [0.25, 0.3) is 0 Å². The Balaban J connectivity index is 1.72. The smallest absolute Gasteiger partial charge is 0.329 e. The highest BCUT2D eigenvalue weighted by Gasteiger charge is 2.51. The summed E-state index contributed by atoms with van der Waals surface area (Å²) in [6.07, 6.45) is 2.88. The zero-order chi connectivity index (χ0) is 13.2. The molecule has 0 bridgehead atoms. The molecule has 3 amide bonds. The maximum atomic E-state index is 11.6. The van der Waals surface area contributed by atoms with Crippen LogP contribution < -0.4 is 10.6 Å². The second-order valence-electron chi connectivity index (χ2n) is 4.78. The number of hydrogen-bond acceptors (Lipinski definition) is 3. The monoisotopic (exact) mass is 255 g/mol. The van der Waals surface area contributed by atoms with Gasteiger partial charge in [0.05, 0.1) is 6.54 Å². The molecule has 18 heavy (non-hydrogen) atoms. The van der Waals surface area contributed by atoms with Crippen molar-refractivity contribution in [3.63, 3.8) is 0 Å². The molecule has 1 heterocycles. The molecule has 7 heteroatoms. The summed E-state index contributed by atoms with van der Waals surface area (Å²) in [6, 6.07) is -0.595. The molecule has 100 valence electrons. The van der Waals surface area contributed by atoms with Gasteiger partial charge >= 0.3 is 12.0 Å². The van der Waals surface area contributed by atoms with Crippen LogP contribution in [0.2, 0.25) is 0 Å². The number of carboxylic acids is 1. The average Bonchev–Trinajstić information content (AvgIpc) is 2.91. The zero-order valence-electron chi connectivity index (χ0n) is 10.1. The fourth-order valence-corrected chi connectivity index (χ4v) is 2.01. The number of carbonyl (C=O) groups is 3. The van der Waals surface area contributed by atoms with Gasteiger partial charge in [0.2, 0.25) is 5.91 Å². The third-order valence-electron chi connectivity index (χ3n) is 3.37. The van der Waals surface area contributed by atoms with Crippen LogP contribution in [0, 0.1) is 0 Å². The van der Waals surface area contributed by atoms with Crippen molar-refractivity contribution in [2.24, 2.45) is 0 Å². The number of nitrogens with zero attached hydrogens (tertiary/aromatic N) is 1. The minimum absolute atomic E-state index is 0.0818. The lowest BCUT2D eigenvalue weighted by Crippen LogP contribution is -2.50. The van der Waals surface area contributed by atoms with E-state index in [1.807, 2.05) is 0 Å².